The van der Waals surface area contributed by atoms with Crippen molar-refractivity contribution in [2.45, 2.75) is 19.4 Å². The van der Waals surface area contributed by atoms with Gasteiger partial charge in [0.15, 0.2) is 0 Å². The van der Waals surface area contributed by atoms with Gasteiger partial charge in [-0.25, -0.2) is 0 Å². The minimum absolute atomic E-state index is 0.150. The Bertz CT molecular complexity index is 471. The largest absolute Gasteiger partial charge is 0.469 e. The number of aryl methyl sites for hydroxylation is 1. The molecular weight excluding hydrogens is 250 g/mol. The lowest BCUT2D eigenvalue weighted by molar-refractivity contribution is -0.145. The topological polar surface area (TPSA) is 84.5 Å². The standard InChI is InChI=1S/C12H17N3O4/c1-8-5-10(14-13-8)12(17)15-3-4-19-9(7-15)6-11(16)18-2/h5,9H,3-4,6-7H2,1-2H3,(H,13,14). The van der Waals surface area contributed by atoms with Crippen LogP contribution in [-0.2, 0) is 14.3 Å². The maximum absolute atomic E-state index is 12.2. The van der Waals surface area contributed by atoms with Crippen LogP contribution < -0.4 is 0 Å². The van der Waals surface area contributed by atoms with Crippen LogP contribution in [0.2, 0.25) is 0 Å². The molecule has 2 rings (SSSR count). The van der Waals surface area contributed by atoms with Crippen LogP contribution in [0.3, 0.4) is 0 Å². The van der Waals surface area contributed by atoms with Gasteiger partial charge in [-0.05, 0) is 13.0 Å². The van der Waals surface area contributed by atoms with Crippen molar-refractivity contribution < 1.29 is 19.1 Å². The van der Waals surface area contributed by atoms with Crippen LogP contribution in [-0.4, -0.2) is 59.9 Å². The zero-order chi connectivity index (χ0) is 13.8. The number of methoxy groups -OCH3 is 1. The normalized spacial score (nSPS) is 19.3. The molecule has 1 atom stereocenters. The maximum Gasteiger partial charge on any atom is 0.308 e. The summed E-state index contributed by atoms with van der Waals surface area (Å²) in [5.41, 5.74) is 1.22. The average Bonchev–Trinajstić information content (AvgIpc) is 2.84. The smallest absolute Gasteiger partial charge is 0.308 e. The van der Waals surface area contributed by atoms with Crippen LogP contribution in [0, 0.1) is 6.92 Å². The second-order valence-electron chi connectivity index (χ2n) is 4.46. The molecule has 2 heterocycles. The van der Waals surface area contributed by atoms with Crippen molar-refractivity contribution in [3.63, 3.8) is 0 Å². The molecule has 0 spiro atoms. The zero-order valence-electron chi connectivity index (χ0n) is 11.0. The van der Waals surface area contributed by atoms with Gasteiger partial charge in [-0.1, -0.05) is 0 Å². The molecule has 7 heteroatoms. The second kappa shape index (κ2) is 5.83. The van der Waals surface area contributed by atoms with Crippen molar-refractivity contribution in [2.24, 2.45) is 0 Å². The molecule has 1 amide bonds. The highest BCUT2D eigenvalue weighted by molar-refractivity contribution is 5.92. The SMILES string of the molecule is COC(=O)CC1CN(C(=O)c2cc(C)[nH]n2)CCO1. The van der Waals surface area contributed by atoms with Crippen LogP contribution in [0.25, 0.3) is 0 Å². The van der Waals surface area contributed by atoms with Gasteiger partial charge in [-0.2, -0.15) is 5.10 Å². The molecule has 1 aliphatic rings. The molecule has 0 radical (unpaired) electrons. The van der Waals surface area contributed by atoms with E-state index in [0.717, 1.165) is 5.69 Å². The van der Waals surface area contributed by atoms with Gasteiger partial charge in [0, 0.05) is 18.8 Å². The molecule has 1 aromatic heterocycles. The summed E-state index contributed by atoms with van der Waals surface area (Å²) >= 11 is 0. The van der Waals surface area contributed by atoms with Crippen LogP contribution in [0.1, 0.15) is 22.6 Å². The Labute approximate surface area is 110 Å². The number of carbonyl (C=O) groups excluding carboxylic acids is 2. The fraction of sp³-hybridized carbons (Fsp3) is 0.583. The summed E-state index contributed by atoms with van der Waals surface area (Å²) in [7, 11) is 1.33. The van der Waals surface area contributed by atoms with E-state index in [-0.39, 0.29) is 24.4 Å². The van der Waals surface area contributed by atoms with Crippen LogP contribution in [0.4, 0.5) is 0 Å². The zero-order valence-corrected chi connectivity index (χ0v) is 11.0. The maximum atomic E-state index is 12.2. The summed E-state index contributed by atoms with van der Waals surface area (Å²) in [6.45, 7) is 3.13. The third kappa shape index (κ3) is 3.31. The lowest BCUT2D eigenvalue weighted by atomic mass is 10.2. The van der Waals surface area contributed by atoms with Crippen LogP contribution >= 0.6 is 0 Å². The Morgan fingerprint density at radius 1 is 1.63 bits per heavy atom. The Morgan fingerprint density at radius 2 is 2.42 bits per heavy atom. The lowest BCUT2D eigenvalue weighted by Crippen LogP contribution is -2.46. The van der Waals surface area contributed by atoms with Crippen molar-refractivity contribution in [2.75, 3.05) is 26.8 Å². The predicted octanol–water partition coefficient (Wildman–Crippen LogP) is 0.122. The first-order chi connectivity index (χ1) is 9.10. The molecule has 0 aliphatic carbocycles. The number of H-pyrrole nitrogens is 1. The van der Waals surface area contributed by atoms with E-state index in [9.17, 15) is 9.59 Å². The highest BCUT2D eigenvalue weighted by atomic mass is 16.5. The number of nitrogens with one attached hydrogen (secondary N) is 1. The van der Waals surface area contributed by atoms with Crippen molar-refractivity contribution >= 4 is 11.9 Å². The van der Waals surface area contributed by atoms with E-state index in [1.54, 1.807) is 11.0 Å². The van der Waals surface area contributed by atoms with Gasteiger partial charge in [0.05, 0.1) is 26.2 Å². The van der Waals surface area contributed by atoms with Crippen molar-refractivity contribution in [3.8, 4) is 0 Å². The van der Waals surface area contributed by atoms with Crippen molar-refractivity contribution in [3.05, 3.63) is 17.5 Å². The van der Waals surface area contributed by atoms with E-state index in [0.29, 0.717) is 25.4 Å². The summed E-state index contributed by atoms with van der Waals surface area (Å²) in [5, 5.41) is 6.68. The molecule has 1 saturated heterocycles. The first-order valence-electron chi connectivity index (χ1n) is 6.10. The lowest BCUT2D eigenvalue weighted by Gasteiger charge is -2.32. The Kier molecular flexibility index (Phi) is 4.16. The summed E-state index contributed by atoms with van der Waals surface area (Å²) in [5.74, 6) is -0.488. The van der Waals surface area contributed by atoms with Gasteiger partial charge in [-0.3, -0.25) is 14.7 Å². The van der Waals surface area contributed by atoms with Crippen molar-refractivity contribution in [1.29, 1.82) is 0 Å². The summed E-state index contributed by atoms with van der Waals surface area (Å²) in [4.78, 5) is 25.0. The molecule has 1 fully saturated rings. The van der Waals surface area contributed by atoms with E-state index >= 15 is 0 Å². The molecular formula is C12H17N3O4. The molecule has 1 N–H and O–H groups in total. The average molecular weight is 267 g/mol. The molecule has 0 saturated carbocycles. The first kappa shape index (κ1) is 13.5. The quantitative estimate of drug-likeness (QED) is 0.786. The van der Waals surface area contributed by atoms with Gasteiger partial charge in [0.2, 0.25) is 0 Å². The fourth-order valence-electron chi connectivity index (χ4n) is 1.99. The van der Waals surface area contributed by atoms with Gasteiger partial charge < -0.3 is 14.4 Å². The van der Waals surface area contributed by atoms with Crippen LogP contribution in [0.5, 0.6) is 0 Å². The number of esters is 1. The van der Waals surface area contributed by atoms with Gasteiger partial charge >= 0.3 is 5.97 Å². The first-order valence-corrected chi connectivity index (χ1v) is 6.10. The molecule has 1 aliphatic heterocycles. The number of aromatic nitrogens is 2. The molecule has 19 heavy (non-hydrogen) atoms. The van der Waals surface area contributed by atoms with E-state index in [4.69, 9.17) is 4.74 Å². The molecule has 1 unspecified atom stereocenters. The number of amides is 1. The van der Waals surface area contributed by atoms with Gasteiger partial charge in [0.1, 0.15) is 5.69 Å². The van der Waals surface area contributed by atoms with Gasteiger partial charge in [0.25, 0.3) is 5.91 Å². The van der Waals surface area contributed by atoms with Crippen LogP contribution in [0.15, 0.2) is 6.07 Å². The van der Waals surface area contributed by atoms with E-state index in [2.05, 4.69) is 14.9 Å². The number of aromatic amines is 1. The number of ether oxygens (including phenoxy) is 2. The van der Waals surface area contributed by atoms with E-state index in [1.807, 2.05) is 6.92 Å². The number of nitrogens with zero attached hydrogens (tertiary/aromatic N) is 2. The predicted molar refractivity (Wildman–Crippen MR) is 65.6 cm³/mol. The second-order valence-corrected chi connectivity index (χ2v) is 4.46. The molecule has 7 nitrogen and oxygen atoms in total. The number of hydrogen-bond acceptors (Lipinski definition) is 5. The summed E-state index contributed by atoms with van der Waals surface area (Å²) in [6.07, 6.45) is -0.162. The molecule has 0 aromatic carbocycles. The highest BCUT2D eigenvalue weighted by Gasteiger charge is 2.27. The summed E-state index contributed by atoms with van der Waals surface area (Å²) < 4.78 is 10.0. The minimum Gasteiger partial charge on any atom is -0.469 e. The fourth-order valence-corrected chi connectivity index (χ4v) is 1.99. The number of hydrogen-bond donors (Lipinski definition) is 1. The third-order valence-corrected chi connectivity index (χ3v) is 2.97. The Morgan fingerprint density at radius 3 is 3.05 bits per heavy atom. The molecule has 104 valence electrons. The van der Waals surface area contributed by atoms with Crippen molar-refractivity contribution in [1.82, 2.24) is 15.1 Å². The highest BCUT2D eigenvalue weighted by Crippen LogP contribution is 2.12. The monoisotopic (exact) mass is 267 g/mol. The number of rotatable bonds is 3. The summed E-state index contributed by atoms with van der Waals surface area (Å²) in [6, 6.07) is 1.70. The molecule has 1 aromatic rings. The molecule has 0 bridgehead atoms. The number of carbonyl (C=O) groups is 2. The van der Waals surface area contributed by atoms with Gasteiger partial charge in [-0.15, -0.1) is 0 Å². The van der Waals surface area contributed by atoms with E-state index in [1.165, 1.54) is 7.11 Å². The Balaban J connectivity index is 1.97. The third-order valence-electron chi connectivity index (χ3n) is 2.97. The minimum atomic E-state index is -0.338. The Hall–Kier alpha value is -1.89. The number of morpholine rings is 1. The van der Waals surface area contributed by atoms with E-state index < -0.39 is 0 Å².